The number of rotatable bonds is 12. The molecule has 1 unspecified atom stereocenters. The van der Waals surface area contributed by atoms with Gasteiger partial charge >= 0.3 is 5.97 Å². The smallest absolute Gasteiger partial charge is 0.338 e. The number of carbonyl (C=O) groups excluding carboxylic acids is 1. The van der Waals surface area contributed by atoms with Crippen molar-refractivity contribution in [2.75, 3.05) is 18.5 Å². The number of hydrogen-bond acceptors (Lipinski definition) is 7. The van der Waals surface area contributed by atoms with Gasteiger partial charge in [0.1, 0.15) is 17.6 Å². The Bertz CT molecular complexity index is 1240. The molecule has 1 aliphatic rings. The molecule has 0 fully saturated rings. The summed E-state index contributed by atoms with van der Waals surface area (Å²) >= 11 is 1.34. The Morgan fingerprint density at radius 2 is 1.81 bits per heavy atom. The first-order valence-corrected chi connectivity index (χ1v) is 13.7. The van der Waals surface area contributed by atoms with Gasteiger partial charge in [0.25, 0.3) is 0 Å². The van der Waals surface area contributed by atoms with E-state index in [-0.39, 0.29) is 11.8 Å². The maximum Gasteiger partial charge on any atom is 0.338 e. The lowest BCUT2D eigenvalue weighted by Crippen LogP contribution is -2.29. The Kier molecular flexibility index (Phi) is 9.22. The fourth-order valence-electron chi connectivity index (χ4n) is 3.99. The van der Waals surface area contributed by atoms with E-state index in [0.717, 1.165) is 37.0 Å². The molecule has 0 saturated carbocycles. The van der Waals surface area contributed by atoms with Crippen LogP contribution in [0.3, 0.4) is 0 Å². The number of nitrogens with zero attached hydrogens (tertiary/aromatic N) is 3. The summed E-state index contributed by atoms with van der Waals surface area (Å²) in [6.07, 6.45) is 3.78. The average molecular weight is 525 g/mol. The van der Waals surface area contributed by atoms with Crippen LogP contribution in [-0.2, 0) is 15.3 Å². The number of benzene rings is 2. The second-order valence-corrected chi connectivity index (χ2v) is 9.81. The van der Waals surface area contributed by atoms with Crippen molar-refractivity contribution in [1.82, 2.24) is 14.8 Å². The molecule has 0 saturated heterocycles. The van der Waals surface area contributed by atoms with Gasteiger partial charge < -0.3 is 14.8 Å². The zero-order valence-electron chi connectivity index (χ0n) is 21.5. The minimum atomic E-state index is -0.523. The van der Waals surface area contributed by atoms with E-state index >= 15 is 0 Å². The molecule has 1 atom stereocenters. The summed E-state index contributed by atoms with van der Waals surface area (Å²) < 4.78 is 27.2. The van der Waals surface area contributed by atoms with Crippen LogP contribution in [0.1, 0.15) is 63.6 Å². The van der Waals surface area contributed by atoms with Crippen LogP contribution in [0, 0.1) is 5.82 Å². The maximum absolute atomic E-state index is 14.1. The molecular weight excluding hydrogens is 491 g/mol. The first-order chi connectivity index (χ1) is 18.0. The quantitative estimate of drug-likeness (QED) is 0.164. The number of halogens is 1. The average Bonchev–Trinajstić information content (AvgIpc) is 3.30. The number of esters is 1. The zero-order valence-corrected chi connectivity index (χ0v) is 22.3. The number of anilines is 1. The van der Waals surface area contributed by atoms with Gasteiger partial charge in [0.05, 0.1) is 18.8 Å². The van der Waals surface area contributed by atoms with Crippen LogP contribution < -0.4 is 10.1 Å². The van der Waals surface area contributed by atoms with Crippen molar-refractivity contribution in [2.45, 2.75) is 63.4 Å². The van der Waals surface area contributed by atoms with Crippen LogP contribution >= 0.6 is 11.8 Å². The largest absolute Gasteiger partial charge is 0.494 e. The second-order valence-electron chi connectivity index (χ2n) is 8.87. The van der Waals surface area contributed by atoms with Gasteiger partial charge in [-0.2, -0.15) is 4.98 Å². The van der Waals surface area contributed by atoms with E-state index in [2.05, 4.69) is 24.1 Å². The lowest BCUT2D eigenvalue weighted by atomic mass is 9.96. The van der Waals surface area contributed by atoms with Gasteiger partial charge in [-0.05, 0) is 49.1 Å². The molecule has 4 rings (SSSR count). The Labute approximate surface area is 221 Å². The highest BCUT2D eigenvalue weighted by molar-refractivity contribution is 7.98. The minimum Gasteiger partial charge on any atom is -0.494 e. The molecule has 2 heterocycles. The lowest BCUT2D eigenvalue weighted by Gasteiger charge is -2.28. The first kappa shape index (κ1) is 26.7. The number of ether oxygens (including phenoxy) is 2. The van der Waals surface area contributed by atoms with Crippen LogP contribution in [0.2, 0.25) is 0 Å². The van der Waals surface area contributed by atoms with Crippen LogP contribution in [-0.4, -0.2) is 33.9 Å². The summed E-state index contributed by atoms with van der Waals surface area (Å²) in [4.78, 5) is 17.8. The van der Waals surface area contributed by atoms with Crippen LogP contribution in [0.25, 0.3) is 0 Å². The Morgan fingerprint density at radius 3 is 2.54 bits per heavy atom. The highest BCUT2D eigenvalue weighted by atomic mass is 32.2. The molecule has 1 N–H and O–H groups in total. The van der Waals surface area contributed by atoms with Crippen molar-refractivity contribution in [2.24, 2.45) is 0 Å². The van der Waals surface area contributed by atoms with Gasteiger partial charge in [-0.15, -0.1) is 5.10 Å². The van der Waals surface area contributed by atoms with Gasteiger partial charge in [-0.1, -0.05) is 68.8 Å². The van der Waals surface area contributed by atoms with Crippen molar-refractivity contribution in [3.63, 3.8) is 0 Å². The number of fused-ring (bicyclic) bond motifs is 1. The molecular formula is C28H33FN4O3S. The molecule has 2 aromatic carbocycles. The van der Waals surface area contributed by atoms with Crippen molar-refractivity contribution in [3.05, 3.63) is 76.7 Å². The molecule has 3 aromatic rings. The third kappa shape index (κ3) is 6.52. The molecule has 9 heteroatoms. The molecule has 0 aliphatic carbocycles. The molecule has 196 valence electrons. The number of hydrogen-bond donors (Lipinski definition) is 1. The molecule has 37 heavy (non-hydrogen) atoms. The van der Waals surface area contributed by atoms with E-state index in [4.69, 9.17) is 14.6 Å². The third-order valence-electron chi connectivity index (χ3n) is 6.06. The van der Waals surface area contributed by atoms with Crippen molar-refractivity contribution in [1.29, 1.82) is 0 Å². The summed E-state index contributed by atoms with van der Waals surface area (Å²) in [7, 11) is 0. The highest BCUT2D eigenvalue weighted by Crippen LogP contribution is 2.37. The zero-order chi connectivity index (χ0) is 26.2. The molecule has 1 aliphatic heterocycles. The van der Waals surface area contributed by atoms with Gasteiger partial charge in [0.2, 0.25) is 11.1 Å². The monoisotopic (exact) mass is 524 g/mol. The first-order valence-electron chi connectivity index (χ1n) is 12.7. The summed E-state index contributed by atoms with van der Waals surface area (Å²) in [6, 6.07) is 13.9. The number of allylic oxidation sites excluding steroid dienone is 1. The normalized spacial score (nSPS) is 14.8. The van der Waals surface area contributed by atoms with E-state index in [1.807, 2.05) is 37.3 Å². The van der Waals surface area contributed by atoms with Gasteiger partial charge in [0.15, 0.2) is 0 Å². The van der Waals surface area contributed by atoms with Gasteiger partial charge in [0, 0.05) is 11.4 Å². The molecule has 1 aromatic heterocycles. The van der Waals surface area contributed by atoms with E-state index in [1.54, 1.807) is 16.8 Å². The summed E-state index contributed by atoms with van der Waals surface area (Å²) in [6.45, 7) is 7.04. The summed E-state index contributed by atoms with van der Waals surface area (Å²) in [5.41, 5.74) is 2.60. The minimum absolute atomic E-state index is 0.258. The van der Waals surface area contributed by atoms with E-state index in [0.29, 0.717) is 46.9 Å². The highest BCUT2D eigenvalue weighted by Gasteiger charge is 2.35. The topological polar surface area (TPSA) is 78.3 Å². The molecule has 0 amide bonds. The second kappa shape index (κ2) is 12.8. The Hall–Kier alpha value is -3.33. The SMILES string of the molecule is CCCCOC(=O)C1=C(C)Nc2nc(SCc3ccccc3F)nn2C1c1ccc(OCCCC)cc1. The van der Waals surface area contributed by atoms with Crippen molar-refractivity contribution in [3.8, 4) is 5.75 Å². The van der Waals surface area contributed by atoms with Crippen LogP contribution in [0.15, 0.2) is 65.0 Å². The predicted molar refractivity (Wildman–Crippen MR) is 143 cm³/mol. The number of aromatic nitrogens is 3. The summed E-state index contributed by atoms with van der Waals surface area (Å²) in [5.74, 6) is 1.05. The fourth-order valence-corrected chi connectivity index (χ4v) is 4.81. The Morgan fingerprint density at radius 1 is 1.08 bits per heavy atom. The van der Waals surface area contributed by atoms with E-state index in [1.165, 1.54) is 17.8 Å². The standard InChI is InChI=1S/C28H33FN4O3S/c1-4-6-16-35-22-14-12-20(13-15-22)25-24(26(34)36-17-7-5-2)19(3)30-27-31-28(32-33(25)27)37-18-21-10-8-9-11-23(21)29/h8-15,25H,4-7,16-18H2,1-3H3,(H,30,31,32). The van der Waals surface area contributed by atoms with Crippen molar-refractivity contribution < 1.29 is 18.7 Å². The van der Waals surface area contributed by atoms with Gasteiger partial charge in [-0.25, -0.2) is 13.9 Å². The lowest BCUT2D eigenvalue weighted by molar-refractivity contribution is -0.139. The number of unbranched alkanes of at least 4 members (excludes halogenated alkanes) is 2. The predicted octanol–water partition coefficient (Wildman–Crippen LogP) is 6.52. The number of carbonyl (C=O) groups is 1. The number of thioether (sulfide) groups is 1. The summed E-state index contributed by atoms with van der Waals surface area (Å²) in [5, 5.41) is 8.41. The van der Waals surface area contributed by atoms with E-state index in [9.17, 15) is 9.18 Å². The van der Waals surface area contributed by atoms with Crippen LogP contribution in [0.5, 0.6) is 5.75 Å². The maximum atomic E-state index is 14.1. The Balaban J connectivity index is 1.63. The van der Waals surface area contributed by atoms with Crippen molar-refractivity contribution >= 4 is 23.7 Å². The fraction of sp³-hybridized carbons (Fsp3) is 0.393. The van der Waals surface area contributed by atoms with Crippen LogP contribution in [0.4, 0.5) is 10.3 Å². The molecule has 0 bridgehead atoms. The molecule has 0 radical (unpaired) electrons. The number of nitrogens with one attached hydrogen (secondary N) is 1. The van der Waals surface area contributed by atoms with Gasteiger partial charge in [-0.3, -0.25) is 0 Å². The molecule has 7 nitrogen and oxygen atoms in total. The third-order valence-corrected chi connectivity index (χ3v) is 6.95. The molecule has 0 spiro atoms. The van der Waals surface area contributed by atoms with E-state index < -0.39 is 6.04 Å².